The number of halogens is 2. The number of aromatic nitrogens is 1. The average molecular weight is 174 g/mol. The summed E-state index contributed by atoms with van der Waals surface area (Å²) in [4.78, 5) is 3.11. The van der Waals surface area contributed by atoms with Crippen LogP contribution in [0.2, 0.25) is 0 Å². The largest absolute Gasteiger partial charge is 0.381 e. The van der Waals surface area contributed by atoms with Gasteiger partial charge in [-0.15, -0.1) is 0 Å². The zero-order valence-corrected chi connectivity index (χ0v) is 7.36. The Morgan fingerprint density at radius 1 is 1.33 bits per heavy atom. The summed E-state index contributed by atoms with van der Waals surface area (Å²) in [5.74, 6) is -1.80. The van der Waals surface area contributed by atoms with Crippen LogP contribution < -0.4 is 5.73 Å². The maximum Gasteiger partial charge on any atom is 0.217 e. The van der Waals surface area contributed by atoms with Crippen molar-refractivity contribution in [1.29, 1.82) is 0 Å². The first-order valence-corrected chi connectivity index (χ1v) is 3.69. The molecule has 68 valence electrons. The molecule has 0 aromatic carbocycles. The summed E-state index contributed by atoms with van der Waals surface area (Å²) < 4.78 is 24.8. The van der Waals surface area contributed by atoms with E-state index in [4.69, 9.17) is 5.73 Å². The molecular formula is C8H12F2N2. The zero-order valence-electron chi connectivity index (χ0n) is 7.36. The topological polar surface area (TPSA) is 38.9 Å². The molecule has 0 aliphatic heterocycles. The minimum Gasteiger partial charge on any atom is -0.381 e. The minimum absolute atomic E-state index is 0.159. The number of pyridine rings is 1. The van der Waals surface area contributed by atoms with Gasteiger partial charge in [0.2, 0.25) is 5.95 Å². The van der Waals surface area contributed by atoms with Crippen LogP contribution in [0.1, 0.15) is 19.4 Å². The maximum atomic E-state index is 12.4. The van der Waals surface area contributed by atoms with Gasteiger partial charge in [0.1, 0.15) is 0 Å². The van der Waals surface area contributed by atoms with Gasteiger partial charge in [-0.1, -0.05) is 13.8 Å². The third kappa shape index (κ3) is 2.45. The van der Waals surface area contributed by atoms with Crippen molar-refractivity contribution >= 4 is 5.82 Å². The third-order valence-electron chi connectivity index (χ3n) is 1.13. The molecule has 1 rings (SSSR count). The highest BCUT2D eigenvalue weighted by atomic mass is 19.1. The number of anilines is 1. The number of aryl methyl sites for hydroxylation is 1. The molecule has 0 atom stereocenters. The smallest absolute Gasteiger partial charge is 0.217 e. The molecule has 1 aromatic rings. The summed E-state index contributed by atoms with van der Waals surface area (Å²) in [7, 11) is 0. The van der Waals surface area contributed by atoms with Crippen molar-refractivity contribution < 1.29 is 8.78 Å². The number of rotatable bonds is 0. The van der Waals surface area contributed by atoms with Crippen molar-refractivity contribution in [3.63, 3.8) is 0 Å². The van der Waals surface area contributed by atoms with E-state index < -0.39 is 17.6 Å². The van der Waals surface area contributed by atoms with Gasteiger partial charge in [0.25, 0.3) is 0 Å². The summed E-state index contributed by atoms with van der Waals surface area (Å²) in [5, 5.41) is 0. The minimum atomic E-state index is -0.723. The Kier molecular flexibility index (Phi) is 4.18. The van der Waals surface area contributed by atoms with Crippen LogP contribution in [0.3, 0.4) is 0 Å². The molecule has 0 aliphatic rings. The number of nitrogens with zero attached hydrogens (tertiary/aromatic N) is 1. The van der Waals surface area contributed by atoms with E-state index >= 15 is 0 Å². The second kappa shape index (κ2) is 4.64. The lowest BCUT2D eigenvalue weighted by atomic mass is 10.3. The van der Waals surface area contributed by atoms with Gasteiger partial charge in [0, 0.05) is 5.56 Å². The van der Waals surface area contributed by atoms with E-state index in [0.717, 1.165) is 6.07 Å². The van der Waals surface area contributed by atoms with E-state index in [1.165, 1.54) is 6.92 Å². The van der Waals surface area contributed by atoms with Gasteiger partial charge in [-0.2, -0.15) is 9.37 Å². The van der Waals surface area contributed by atoms with Crippen molar-refractivity contribution in [3.8, 4) is 0 Å². The lowest BCUT2D eigenvalue weighted by Crippen LogP contribution is -1.99. The van der Waals surface area contributed by atoms with Gasteiger partial charge < -0.3 is 5.73 Å². The quantitative estimate of drug-likeness (QED) is 0.613. The monoisotopic (exact) mass is 174 g/mol. The molecule has 1 aromatic heterocycles. The Labute approximate surface area is 70.4 Å². The van der Waals surface area contributed by atoms with Crippen molar-refractivity contribution in [3.05, 3.63) is 23.4 Å². The van der Waals surface area contributed by atoms with E-state index in [-0.39, 0.29) is 5.56 Å². The zero-order chi connectivity index (χ0) is 9.72. The molecule has 4 heteroatoms. The molecule has 0 aliphatic carbocycles. The van der Waals surface area contributed by atoms with Crippen LogP contribution in [0.25, 0.3) is 0 Å². The van der Waals surface area contributed by atoms with E-state index in [1.807, 2.05) is 13.8 Å². The van der Waals surface area contributed by atoms with Gasteiger partial charge in [-0.25, -0.2) is 4.39 Å². The van der Waals surface area contributed by atoms with E-state index in [2.05, 4.69) is 4.98 Å². The van der Waals surface area contributed by atoms with Crippen molar-refractivity contribution in [2.75, 3.05) is 5.73 Å². The normalized spacial score (nSPS) is 8.75. The highest BCUT2D eigenvalue weighted by Crippen LogP contribution is 2.10. The molecule has 0 spiro atoms. The Morgan fingerprint density at radius 3 is 2.25 bits per heavy atom. The predicted molar refractivity (Wildman–Crippen MR) is 44.7 cm³/mol. The fraction of sp³-hybridized carbons (Fsp3) is 0.375. The maximum absolute atomic E-state index is 12.4. The lowest BCUT2D eigenvalue weighted by Gasteiger charge is -1.97. The number of nitrogen functional groups attached to an aromatic ring is 1. The number of hydrogen-bond acceptors (Lipinski definition) is 2. The molecule has 0 radical (unpaired) electrons. The standard InChI is InChI=1S/C6H6F2N2.C2H6/c1-3-2-4(7)6(9)10-5(3)8;1-2/h2H,1H3,(H2,9,10);1-2H3. The van der Waals surface area contributed by atoms with Gasteiger partial charge in [-0.3, -0.25) is 0 Å². The number of nitrogens with two attached hydrogens (primary N) is 1. The lowest BCUT2D eigenvalue weighted by molar-refractivity contribution is 0.556. The van der Waals surface area contributed by atoms with Gasteiger partial charge in [0.15, 0.2) is 11.6 Å². The fourth-order valence-corrected chi connectivity index (χ4v) is 0.571. The summed E-state index contributed by atoms with van der Waals surface area (Å²) in [6, 6.07) is 1.01. The Morgan fingerprint density at radius 2 is 1.83 bits per heavy atom. The fourth-order valence-electron chi connectivity index (χ4n) is 0.571. The molecule has 0 fully saturated rings. The predicted octanol–water partition coefficient (Wildman–Crippen LogP) is 2.28. The molecule has 0 bridgehead atoms. The summed E-state index contributed by atoms with van der Waals surface area (Å²) in [5.41, 5.74) is 5.12. The summed E-state index contributed by atoms with van der Waals surface area (Å²) >= 11 is 0. The van der Waals surface area contributed by atoms with Crippen LogP contribution >= 0.6 is 0 Å². The van der Waals surface area contributed by atoms with Crippen molar-refractivity contribution in [2.45, 2.75) is 20.8 Å². The van der Waals surface area contributed by atoms with Crippen LogP contribution in [0.15, 0.2) is 6.07 Å². The Balaban J connectivity index is 0.000000561. The van der Waals surface area contributed by atoms with Gasteiger partial charge >= 0.3 is 0 Å². The van der Waals surface area contributed by atoms with E-state index in [1.54, 1.807) is 0 Å². The first-order valence-electron chi connectivity index (χ1n) is 3.69. The second-order valence-electron chi connectivity index (χ2n) is 1.96. The molecule has 2 nitrogen and oxygen atoms in total. The highest BCUT2D eigenvalue weighted by Gasteiger charge is 2.04. The van der Waals surface area contributed by atoms with E-state index in [0.29, 0.717) is 0 Å². The highest BCUT2D eigenvalue weighted by molar-refractivity contribution is 5.31. The van der Waals surface area contributed by atoms with Crippen molar-refractivity contribution in [2.24, 2.45) is 0 Å². The molecule has 0 saturated heterocycles. The molecular weight excluding hydrogens is 162 g/mol. The van der Waals surface area contributed by atoms with Crippen LogP contribution in [0.5, 0.6) is 0 Å². The first-order chi connectivity index (χ1) is 5.61. The Hall–Kier alpha value is -1.19. The first kappa shape index (κ1) is 10.8. The Bertz CT molecular complexity index is 211. The average Bonchev–Trinajstić information content (AvgIpc) is 2.05. The second-order valence-corrected chi connectivity index (χ2v) is 1.96. The summed E-state index contributed by atoms with van der Waals surface area (Å²) in [6.45, 7) is 5.42. The van der Waals surface area contributed by atoms with Crippen molar-refractivity contribution in [1.82, 2.24) is 4.98 Å². The van der Waals surface area contributed by atoms with Gasteiger partial charge in [-0.05, 0) is 13.0 Å². The summed E-state index contributed by atoms with van der Waals surface area (Å²) in [6.07, 6.45) is 0. The molecule has 0 unspecified atom stereocenters. The third-order valence-corrected chi connectivity index (χ3v) is 1.13. The molecule has 0 saturated carbocycles. The molecule has 12 heavy (non-hydrogen) atoms. The number of hydrogen-bond donors (Lipinski definition) is 1. The van der Waals surface area contributed by atoms with E-state index in [9.17, 15) is 8.78 Å². The molecule has 1 heterocycles. The SMILES string of the molecule is CC.Cc1cc(F)c(N)nc1F. The molecule has 0 amide bonds. The van der Waals surface area contributed by atoms with Crippen LogP contribution in [-0.4, -0.2) is 4.98 Å². The van der Waals surface area contributed by atoms with Crippen LogP contribution in [-0.2, 0) is 0 Å². The van der Waals surface area contributed by atoms with Gasteiger partial charge in [0.05, 0.1) is 0 Å². The van der Waals surface area contributed by atoms with Crippen LogP contribution in [0.4, 0.5) is 14.6 Å². The molecule has 2 N–H and O–H groups in total. The van der Waals surface area contributed by atoms with Crippen LogP contribution in [0, 0.1) is 18.7 Å².